The summed E-state index contributed by atoms with van der Waals surface area (Å²) in [6, 6.07) is 15.1. The average molecular weight is 268 g/mol. The van der Waals surface area contributed by atoms with E-state index in [1.54, 1.807) is 24.4 Å². The summed E-state index contributed by atoms with van der Waals surface area (Å²) in [7, 11) is 0. The molecule has 3 rings (SSSR count). The van der Waals surface area contributed by atoms with Crippen molar-refractivity contribution in [3.8, 4) is 11.4 Å². The molecule has 0 saturated carbocycles. The zero-order chi connectivity index (χ0) is 13.8. The normalized spacial score (nSPS) is 10.4. The van der Waals surface area contributed by atoms with E-state index >= 15 is 0 Å². The Morgan fingerprint density at radius 2 is 1.85 bits per heavy atom. The van der Waals surface area contributed by atoms with Crippen LogP contribution in [0.25, 0.3) is 11.4 Å². The zero-order valence-electron chi connectivity index (χ0n) is 10.7. The van der Waals surface area contributed by atoms with Crippen molar-refractivity contribution in [3.05, 3.63) is 66.1 Å². The van der Waals surface area contributed by atoms with Crippen molar-refractivity contribution in [1.29, 1.82) is 0 Å². The summed E-state index contributed by atoms with van der Waals surface area (Å²) in [4.78, 5) is 4.10. The van der Waals surface area contributed by atoms with Crippen LogP contribution in [-0.2, 0) is 6.54 Å². The Morgan fingerprint density at radius 3 is 2.60 bits per heavy atom. The molecule has 4 nitrogen and oxygen atoms in total. The van der Waals surface area contributed by atoms with Crippen molar-refractivity contribution in [1.82, 2.24) is 15.2 Å². The van der Waals surface area contributed by atoms with Gasteiger partial charge in [-0.05, 0) is 17.7 Å². The van der Waals surface area contributed by atoms with Gasteiger partial charge < -0.3 is 5.32 Å². The van der Waals surface area contributed by atoms with E-state index in [0.29, 0.717) is 17.9 Å². The van der Waals surface area contributed by atoms with Gasteiger partial charge in [-0.2, -0.15) is 5.10 Å². The molecule has 0 atom stereocenters. The van der Waals surface area contributed by atoms with Gasteiger partial charge in [0.05, 0.1) is 5.69 Å². The predicted molar refractivity (Wildman–Crippen MR) is 75.5 cm³/mol. The minimum Gasteiger partial charge on any atom is -0.362 e. The quantitative estimate of drug-likeness (QED) is 0.764. The Balaban J connectivity index is 1.78. The predicted octanol–water partition coefficient (Wildman–Crippen LogP) is 3.22. The summed E-state index contributed by atoms with van der Waals surface area (Å²) < 4.78 is 14.2. The third-order valence-corrected chi connectivity index (χ3v) is 2.93. The lowest BCUT2D eigenvalue weighted by molar-refractivity contribution is 0.633. The van der Waals surface area contributed by atoms with Crippen molar-refractivity contribution < 1.29 is 4.39 Å². The monoisotopic (exact) mass is 268 g/mol. The molecule has 0 fully saturated rings. The van der Waals surface area contributed by atoms with E-state index in [0.717, 1.165) is 5.56 Å². The molecular weight excluding hydrogens is 255 g/mol. The second-order valence-corrected chi connectivity index (χ2v) is 4.32. The van der Waals surface area contributed by atoms with Crippen molar-refractivity contribution in [2.45, 2.75) is 6.54 Å². The topological polar surface area (TPSA) is 53.6 Å². The molecular formula is C15H13FN4. The van der Waals surface area contributed by atoms with Crippen LogP contribution in [-0.4, -0.2) is 15.2 Å². The third-order valence-electron chi connectivity index (χ3n) is 2.93. The number of benzene rings is 1. The molecule has 0 aliphatic carbocycles. The van der Waals surface area contributed by atoms with Crippen LogP contribution < -0.4 is 5.32 Å². The standard InChI is InChI=1S/C15H13FN4/c16-13-14(12-8-4-5-9-17-12)19-20-15(13)18-10-11-6-2-1-3-7-11/h1-9H,10H2,(H2,18,19,20). The molecule has 100 valence electrons. The Labute approximate surface area is 115 Å². The summed E-state index contributed by atoms with van der Waals surface area (Å²) in [5.41, 5.74) is 1.89. The Hall–Kier alpha value is -2.69. The van der Waals surface area contributed by atoms with Gasteiger partial charge in [0.25, 0.3) is 0 Å². The summed E-state index contributed by atoms with van der Waals surface area (Å²) in [5.74, 6) is -0.214. The number of halogens is 1. The molecule has 0 aliphatic heterocycles. The SMILES string of the molecule is Fc1c(NCc2ccccc2)n[nH]c1-c1ccccn1. The molecule has 1 aromatic carbocycles. The highest BCUT2D eigenvalue weighted by Crippen LogP contribution is 2.23. The largest absolute Gasteiger partial charge is 0.362 e. The molecule has 5 heteroatoms. The number of rotatable bonds is 4. The molecule has 20 heavy (non-hydrogen) atoms. The van der Waals surface area contributed by atoms with Gasteiger partial charge in [-0.25, -0.2) is 4.39 Å². The second kappa shape index (κ2) is 5.52. The Morgan fingerprint density at radius 1 is 1.05 bits per heavy atom. The van der Waals surface area contributed by atoms with Gasteiger partial charge in [0.15, 0.2) is 11.6 Å². The van der Waals surface area contributed by atoms with E-state index in [2.05, 4.69) is 20.5 Å². The molecule has 0 saturated heterocycles. The van der Waals surface area contributed by atoms with Crippen LogP contribution in [0.2, 0.25) is 0 Å². The second-order valence-electron chi connectivity index (χ2n) is 4.32. The number of H-pyrrole nitrogens is 1. The molecule has 0 amide bonds. The minimum atomic E-state index is -0.417. The van der Waals surface area contributed by atoms with Crippen molar-refractivity contribution in [2.75, 3.05) is 5.32 Å². The van der Waals surface area contributed by atoms with Crippen LogP contribution in [0, 0.1) is 5.82 Å². The first-order chi connectivity index (χ1) is 9.84. The average Bonchev–Trinajstić information content (AvgIpc) is 2.88. The number of hydrogen-bond donors (Lipinski definition) is 2. The Kier molecular flexibility index (Phi) is 3.41. The van der Waals surface area contributed by atoms with E-state index in [1.807, 2.05) is 30.3 Å². The summed E-state index contributed by atoms with van der Waals surface area (Å²) in [6.07, 6.45) is 1.62. The maximum Gasteiger partial charge on any atom is 0.194 e. The molecule has 0 aliphatic rings. The first-order valence-electron chi connectivity index (χ1n) is 6.27. The fraction of sp³-hybridized carbons (Fsp3) is 0.0667. The van der Waals surface area contributed by atoms with Crippen LogP contribution in [0.5, 0.6) is 0 Å². The van der Waals surface area contributed by atoms with Gasteiger partial charge in [0, 0.05) is 12.7 Å². The lowest BCUT2D eigenvalue weighted by Gasteiger charge is -2.02. The van der Waals surface area contributed by atoms with Crippen molar-refractivity contribution in [3.63, 3.8) is 0 Å². The first-order valence-corrected chi connectivity index (χ1v) is 6.27. The highest BCUT2D eigenvalue weighted by molar-refractivity contribution is 5.60. The Bertz CT molecular complexity index is 680. The van der Waals surface area contributed by atoms with Gasteiger partial charge >= 0.3 is 0 Å². The summed E-state index contributed by atoms with van der Waals surface area (Å²) in [6.45, 7) is 0.518. The van der Waals surface area contributed by atoms with Crippen LogP contribution >= 0.6 is 0 Å². The van der Waals surface area contributed by atoms with E-state index in [4.69, 9.17) is 0 Å². The van der Waals surface area contributed by atoms with Gasteiger partial charge in [0.1, 0.15) is 5.69 Å². The highest BCUT2D eigenvalue weighted by atomic mass is 19.1. The number of anilines is 1. The molecule has 2 aromatic heterocycles. The molecule has 3 aromatic rings. The number of nitrogens with zero attached hydrogens (tertiary/aromatic N) is 2. The third kappa shape index (κ3) is 2.51. The zero-order valence-corrected chi connectivity index (χ0v) is 10.7. The van der Waals surface area contributed by atoms with Gasteiger partial charge in [-0.15, -0.1) is 0 Å². The molecule has 2 heterocycles. The minimum absolute atomic E-state index is 0.203. The number of hydrogen-bond acceptors (Lipinski definition) is 3. The first kappa shape index (κ1) is 12.3. The van der Waals surface area contributed by atoms with Crippen LogP contribution in [0.3, 0.4) is 0 Å². The molecule has 0 bridgehead atoms. The van der Waals surface area contributed by atoms with Crippen LogP contribution in [0.15, 0.2) is 54.7 Å². The van der Waals surface area contributed by atoms with Gasteiger partial charge in [0.2, 0.25) is 0 Å². The number of nitrogens with one attached hydrogen (secondary N) is 2. The fourth-order valence-corrected chi connectivity index (χ4v) is 1.91. The number of pyridine rings is 1. The lowest BCUT2D eigenvalue weighted by Crippen LogP contribution is -2.01. The van der Waals surface area contributed by atoms with Crippen LogP contribution in [0.4, 0.5) is 10.2 Å². The maximum absolute atomic E-state index is 14.2. The van der Waals surface area contributed by atoms with E-state index in [9.17, 15) is 4.39 Å². The molecule has 0 unspecified atom stereocenters. The highest BCUT2D eigenvalue weighted by Gasteiger charge is 2.14. The smallest absolute Gasteiger partial charge is 0.194 e. The van der Waals surface area contributed by atoms with Gasteiger partial charge in [-0.1, -0.05) is 36.4 Å². The summed E-state index contributed by atoms with van der Waals surface area (Å²) >= 11 is 0. The fourth-order valence-electron chi connectivity index (χ4n) is 1.91. The van der Waals surface area contributed by atoms with Crippen molar-refractivity contribution >= 4 is 5.82 Å². The number of aromatic amines is 1. The molecule has 0 spiro atoms. The van der Waals surface area contributed by atoms with Crippen LogP contribution in [0.1, 0.15) is 5.56 Å². The maximum atomic E-state index is 14.2. The van der Waals surface area contributed by atoms with Gasteiger partial charge in [-0.3, -0.25) is 10.1 Å². The van der Waals surface area contributed by atoms with E-state index < -0.39 is 5.82 Å². The molecule has 2 N–H and O–H groups in total. The number of aromatic nitrogens is 3. The van der Waals surface area contributed by atoms with E-state index in [-0.39, 0.29) is 5.82 Å². The molecule has 0 radical (unpaired) electrons. The lowest BCUT2D eigenvalue weighted by atomic mass is 10.2. The summed E-state index contributed by atoms with van der Waals surface area (Å²) in [5, 5.41) is 9.61. The van der Waals surface area contributed by atoms with E-state index in [1.165, 1.54) is 0 Å². The van der Waals surface area contributed by atoms with Crippen molar-refractivity contribution in [2.24, 2.45) is 0 Å².